The number of carbonyl (C=O) groups is 1. The number of H-pyrrole nitrogens is 1. The summed E-state index contributed by atoms with van der Waals surface area (Å²) in [4.78, 5) is 24.9. The smallest absolute Gasteiger partial charge is 0.230 e. The predicted molar refractivity (Wildman–Crippen MR) is 125 cm³/mol. The fourth-order valence-corrected chi connectivity index (χ4v) is 4.28. The van der Waals surface area contributed by atoms with Gasteiger partial charge in [0.05, 0.1) is 24.6 Å². The van der Waals surface area contributed by atoms with Crippen LogP contribution in [-0.2, 0) is 4.79 Å². The molecule has 0 saturated carbocycles. The van der Waals surface area contributed by atoms with E-state index in [0.717, 1.165) is 25.9 Å². The fraction of sp³-hybridized carbons (Fsp3) is 0.320. The number of halogens is 1. The van der Waals surface area contributed by atoms with Gasteiger partial charge in [-0.05, 0) is 43.0 Å². The summed E-state index contributed by atoms with van der Waals surface area (Å²) >= 11 is 0. The van der Waals surface area contributed by atoms with Gasteiger partial charge < -0.3 is 24.1 Å². The van der Waals surface area contributed by atoms with Crippen molar-refractivity contribution < 1.29 is 23.4 Å². The van der Waals surface area contributed by atoms with Gasteiger partial charge in [0.15, 0.2) is 23.1 Å². The molecule has 2 aromatic heterocycles. The van der Waals surface area contributed by atoms with Crippen LogP contribution in [0.4, 0.5) is 4.39 Å². The van der Waals surface area contributed by atoms with Crippen LogP contribution in [0.15, 0.2) is 42.9 Å². The molecule has 0 bridgehead atoms. The molecule has 0 aliphatic carbocycles. The Balaban J connectivity index is 1.40. The first-order chi connectivity index (χ1) is 16.5. The van der Waals surface area contributed by atoms with Gasteiger partial charge in [0, 0.05) is 43.2 Å². The van der Waals surface area contributed by atoms with Crippen molar-refractivity contribution in [3.8, 4) is 23.1 Å². The van der Waals surface area contributed by atoms with E-state index < -0.39 is 5.82 Å². The molecule has 1 amide bonds. The summed E-state index contributed by atoms with van der Waals surface area (Å²) in [5, 5.41) is 1.02. The Hall–Kier alpha value is -3.88. The van der Waals surface area contributed by atoms with E-state index in [0.29, 0.717) is 45.8 Å². The number of hydrogen-bond donors (Lipinski definition) is 1. The predicted octanol–water partition coefficient (Wildman–Crippen LogP) is 4.69. The molecule has 5 rings (SSSR count). The van der Waals surface area contributed by atoms with Crippen molar-refractivity contribution in [1.29, 1.82) is 0 Å². The number of nitrogens with zero attached hydrogens (tertiary/aromatic N) is 3. The Bertz CT molecular complexity index is 1350. The Morgan fingerprint density at radius 3 is 2.71 bits per heavy atom. The molecule has 0 unspecified atom stereocenters. The molecular formula is C25H25FN4O4. The van der Waals surface area contributed by atoms with Gasteiger partial charge in [0.25, 0.3) is 0 Å². The van der Waals surface area contributed by atoms with Gasteiger partial charge >= 0.3 is 0 Å². The average molecular weight is 464 g/mol. The zero-order valence-corrected chi connectivity index (χ0v) is 19.0. The zero-order chi connectivity index (χ0) is 23.7. The molecule has 1 fully saturated rings. The number of methoxy groups -OCH3 is 1. The van der Waals surface area contributed by atoms with E-state index in [1.54, 1.807) is 50.6 Å². The SMILES string of the molecule is COc1cc2ncnc(Oc3ccc4[nH]ccc4c3F)c2cc1OCC1CCN(C(C)=O)CC1. The van der Waals surface area contributed by atoms with Crippen molar-refractivity contribution in [3.63, 3.8) is 0 Å². The van der Waals surface area contributed by atoms with E-state index in [1.807, 2.05) is 4.90 Å². The fourth-order valence-electron chi connectivity index (χ4n) is 4.28. The van der Waals surface area contributed by atoms with Crippen LogP contribution in [0, 0.1) is 11.7 Å². The Morgan fingerprint density at radius 2 is 1.94 bits per heavy atom. The summed E-state index contributed by atoms with van der Waals surface area (Å²) in [6.07, 6.45) is 4.81. The van der Waals surface area contributed by atoms with Crippen LogP contribution in [0.5, 0.6) is 23.1 Å². The maximum absolute atomic E-state index is 14.9. The summed E-state index contributed by atoms with van der Waals surface area (Å²) in [5.74, 6) is 1.34. The number of carbonyl (C=O) groups excluding carboxylic acids is 1. The van der Waals surface area contributed by atoms with Crippen molar-refractivity contribution in [3.05, 3.63) is 48.7 Å². The number of likely N-dealkylation sites (tertiary alicyclic amines) is 1. The highest BCUT2D eigenvalue weighted by atomic mass is 19.1. The molecule has 1 aliphatic heterocycles. The lowest BCUT2D eigenvalue weighted by molar-refractivity contribution is -0.130. The minimum atomic E-state index is -0.465. The van der Waals surface area contributed by atoms with Crippen molar-refractivity contribution in [2.75, 3.05) is 26.8 Å². The van der Waals surface area contributed by atoms with Gasteiger partial charge in [-0.1, -0.05) is 0 Å². The minimum absolute atomic E-state index is 0.0719. The third-order valence-electron chi connectivity index (χ3n) is 6.26. The normalized spacial score (nSPS) is 14.5. The molecule has 0 spiro atoms. The van der Waals surface area contributed by atoms with Crippen LogP contribution in [0.2, 0.25) is 0 Å². The lowest BCUT2D eigenvalue weighted by Crippen LogP contribution is -2.38. The number of benzene rings is 2. The molecule has 4 aromatic rings. The van der Waals surface area contributed by atoms with Crippen LogP contribution >= 0.6 is 0 Å². The number of nitrogens with one attached hydrogen (secondary N) is 1. The van der Waals surface area contributed by atoms with E-state index in [9.17, 15) is 9.18 Å². The molecule has 3 heterocycles. The maximum Gasteiger partial charge on any atom is 0.230 e. The van der Waals surface area contributed by atoms with E-state index >= 15 is 0 Å². The molecule has 9 heteroatoms. The highest BCUT2D eigenvalue weighted by Crippen LogP contribution is 2.37. The number of aromatic amines is 1. The van der Waals surface area contributed by atoms with Crippen LogP contribution in [0.25, 0.3) is 21.8 Å². The molecule has 2 aromatic carbocycles. The summed E-state index contributed by atoms with van der Waals surface area (Å²) < 4.78 is 32.5. The average Bonchev–Trinajstić information content (AvgIpc) is 3.34. The second kappa shape index (κ2) is 9.17. The third-order valence-corrected chi connectivity index (χ3v) is 6.26. The van der Waals surface area contributed by atoms with Crippen molar-refractivity contribution in [1.82, 2.24) is 19.9 Å². The van der Waals surface area contributed by atoms with Gasteiger partial charge in [0.1, 0.15) is 6.33 Å². The maximum atomic E-state index is 14.9. The van der Waals surface area contributed by atoms with Gasteiger partial charge in [-0.3, -0.25) is 4.79 Å². The zero-order valence-electron chi connectivity index (χ0n) is 19.0. The molecule has 34 heavy (non-hydrogen) atoms. The molecule has 0 radical (unpaired) electrons. The van der Waals surface area contributed by atoms with Crippen molar-refractivity contribution in [2.45, 2.75) is 19.8 Å². The van der Waals surface area contributed by atoms with Gasteiger partial charge in [-0.25, -0.2) is 14.4 Å². The van der Waals surface area contributed by atoms with Crippen LogP contribution in [0.3, 0.4) is 0 Å². The number of piperidine rings is 1. The molecular weight excluding hydrogens is 439 g/mol. The van der Waals surface area contributed by atoms with Crippen LogP contribution in [-0.4, -0.2) is 52.6 Å². The van der Waals surface area contributed by atoms with E-state index in [4.69, 9.17) is 14.2 Å². The van der Waals surface area contributed by atoms with Gasteiger partial charge in [-0.2, -0.15) is 0 Å². The number of rotatable bonds is 6. The highest BCUT2D eigenvalue weighted by Gasteiger charge is 2.22. The number of amides is 1. The molecule has 1 N–H and O–H groups in total. The summed E-state index contributed by atoms with van der Waals surface area (Å²) in [6, 6.07) is 8.50. The lowest BCUT2D eigenvalue weighted by atomic mass is 9.98. The Labute approximate surface area is 195 Å². The van der Waals surface area contributed by atoms with E-state index in [2.05, 4.69) is 15.0 Å². The Kier molecular flexibility index (Phi) is 5.91. The first-order valence-electron chi connectivity index (χ1n) is 11.2. The topological polar surface area (TPSA) is 89.6 Å². The van der Waals surface area contributed by atoms with E-state index in [-0.39, 0.29) is 17.5 Å². The highest BCUT2D eigenvalue weighted by molar-refractivity contribution is 5.87. The summed E-state index contributed by atoms with van der Waals surface area (Å²) in [6.45, 7) is 3.57. The number of hydrogen-bond acceptors (Lipinski definition) is 6. The molecule has 1 aliphatic rings. The summed E-state index contributed by atoms with van der Waals surface area (Å²) in [5.41, 5.74) is 1.28. The second-order valence-electron chi connectivity index (χ2n) is 8.38. The lowest BCUT2D eigenvalue weighted by Gasteiger charge is -2.31. The second-order valence-corrected chi connectivity index (χ2v) is 8.38. The summed E-state index contributed by atoms with van der Waals surface area (Å²) in [7, 11) is 1.57. The van der Waals surface area contributed by atoms with Crippen molar-refractivity contribution in [2.24, 2.45) is 5.92 Å². The third kappa shape index (κ3) is 4.21. The monoisotopic (exact) mass is 464 g/mol. The number of ether oxygens (including phenoxy) is 3. The van der Waals surface area contributed by atoms with Gasteiger partial charge in [0.2, 0.25) is 11.8 Å². The molecule has 0 atom stereocenters. The quantitative estimate of drug-likeness (QED) is 0.445. The van der Waals surface area contributed by atoms with Gasteiger partial charge in [-0.15, -0.1) is 0 Å². The van der Waals surface area contributed by atoms with Crippen LogP contribution in [0.1, 0.15) is 19.8 Å². The molecule has 176 valence electrons. The number of fused-ring (bicyclic) bond motifs is 2. The van der Waals surface area contributed by atoms with Crippen LogP contribution < -0.4 is 14.2 Å². The first kappa shape index (κ1) is 21.9. The first-order valence-corrected chi connectivity index (χ1v) is 11.2. The molecule has 1 saturated heterocycles. The molecule has 8 nitrogen and oxygen atoms in total. The largest absolute Gasteiger partial charge is 0.493 e. The Morgan fingerprint density at radius 1 is 1.12 bits per heavy atom. The van der Waals surface area contributed by atoms with Crippen molar-refractivity contribution >= 4 is 27.7 Å². The number of aromatic nitrogens is 3. The standard InChI is InChI=1S/C25H25FN4O4/c1-15(31)30-9-6-16(7-10-30)13-33-23-11-18-20(12-22(23)32-2)28-14-29-25(18)34-21-4-3-19-17(24(21)26)5-8-27-19/h3-5,8,11-12,14,16,27H,6-7,9-10,13H2,1-2H3. The van der Waals surface area contributed by atoms with E-state index in [1.165, 1.54) is 6.33 Å². The minimum Gasteiger partial charge on any atom is -0.493 e.